The third kappa shape index (κ3) is 5.10. The number of aryl methyl sites for hydroxylation is 1. The number of halogens is 3. The summed E-state index contributed by atoms with van der Waals surface area (Å²) in [5, 5.41) is 5.74. The lowest BCUT2D eigenvalue weighted by molar-refractivity contribution is -0.143. The largest absolute Gasteiger partial charge is 0.465 e. The molecule has 0 unspecified atom stereocenters. The first-order chi connectivity index (χ1) is 12.2. The summed E-state index contributed by atoms with van der Waals surface area (Å²) in [6, 6.07) is 0. The van der Waals surface area contributed by atoms with E-state index in [0.717, 1.165) is 6.20 Å². The Labute approximate surface area is 150 Å². The molecule has 11 heteroatoms. The number of carbonyl (C=O) groups is 1. The minimum atomic E-state index is -4.54. The van der Waals surface area contributed by atoms with Gasteiger partial charge in [-0.25, -0.2) is 4.98 Å². The highest BCUT2D eigenvalue weighted by molar-refractivity contribution is 7.98. The third-order valence-corrected chi connectivity index (χ3v) is 4.19. The van der Waals surface area contributed by atoms with E-state index in [1.54, 1.807) is 13.2 Å². The Morgan fingerprint density at radius 1 is 1.35 bits per heavy atom. The number of H-pyrrole nitrogens is 2. The highest BCUT2D eigenvalue weighted by atomic mass is 32.2. The summed E-state index contributed by atoms with van der Waals surface area (Å²) in [7, 11) is 0. The molecule has 0 fully saturated rings. The second-order valence-electron chi connectivity index (χ2n) is 5.38. The first-order valence-corrected chi connectivity index (χ1v) is 8.83. The Hall–Kier alpha value is -2.30. The van der Waals surface area contributed by atoms with Gasteiger partial charge >= 0.3 is 12.1 Å². The van der Waals surface area contributed by atoms with Crippen LogP contribution in [0, 0.1) is 6.92 Å². The van der Waals surface area contributed by atoms with E-state index >= 15 is 0 Å². The molecule has 142 valence electrons. The van der Waals surface area contributed by atoms with Crippen LogP contribution in [0.4, 0.5) is 13.2 Å². The molecule has 0 aliphatic heterocycles. The van der Waals surface area contributed by atoms with Crippen molar-refractivity contribution in [2.45, 2.75) is 37.5 Å². The predicted octanol–water partition coefficient (Wildman–Crippen LogP) is 2.26. The molecule has 7 nitrogen and oxygen atoms in total. The van der Waals surface area contributed by atoms with E-state index in [-0.39, 0.29) is 37.0 Å². The Morgan fingerprint density at radius 3 is 2.69 bits per heavy atom. The third-order valence-electron chi connectivity index (χ3n) is 3.61. The maximum absolute atomic E-state index is 12.7. The number of alkyl halides is 3. The predicted molar refractivity (Wildman–Crippen MR) is 87.9 cm³/mol. The van der Waals surface area contributed by atoms with Crippen molar-refractivity contribution in [3.8, 4) is 0 Å². The Balaban J connectivity index is 1.85. The quantitative estimate of drug-likeness (QED) is 0.427. The van der Waals surface area contributed by atoms with Crippen molar-refractivity contribution in [2.75, 3.05) is 12.9 Å². The molecular formula is C15H17F3N4O3S. The zero-order valence-corrected chi connectivity index (χ0v) is 14.9. The molecule has 0 aliphatic carbocycles. The van der Waals surface area contributed by atoms with Gasteiger partial charge in [0, 0.05) is 29.7 Å². The maximum atomic E-state index is 12.7. The molecule has 0 bridgehead atoms. The molecule has 26 heavy (non-hydrogen) atoms. The van der Waals surface area contributed by atoms with Crippen LogP contribution in [0.5, 0.6) is 0 Å². The van der Waals surface area contributed by atoms with Crippen molar-refractivity contribution in [3.63, 3.8) is 0 Å². The number of nitrogens with zero attached hydrogens (tertiary/aromatic N) is 2. The van der Waals surface area contributed by atoms with Crippen molar-refractivity contribution >= 4 is 17.7 Å². The van der Waals surface area contributed by atoms with Crippen LogP contribution in [0.2, 0.25) is 0 Å². The molecule has 0 spiro atoms. The Morgan fingerprint density at radius 2 is 2.08 bits per heavy atom. The number of thioether (sulfide) groups is 1. The fraction of sp³-hybridized carbons (Fsp3) is 0.467. The Bertz CT molecular complexity index is 832. The van der Waals surface area contributed by atoms with Crippen LogP contribution < -0.4 is 5.56 Å². The average molecular weight is 390 g/mol. The van der Waals surface area contributed by atoms with E-state index in [0.29, 0.717) is 16.4 Å². The lowest BCUT2D eigenvalue weighted by Gasteiger charge is -2.08. The minimum Gasteiger partial charge on any atom is -0.465 e. The summed E-state index contributed by atoms with van der Waals surface area (Å²) >= 11 is 1.30. The standard InChI is InChI=1S/C15H17F3N4O3S/c1-8-10(13(24)21-14(20-8)26-2)3-4-11(23)25-6-5-9-7-19-22-12(9)15(16,17)18/h7H,3-6H2,1-2H3,(H,19,22)(H,20,21,24). The van der Waals surface area contributed by atoms with Gasteiger partial charge in [-0.3, -0.25) is 14.7 Å². The van der Waals surface area contributed by atoms with E-state index in [4.69, 9.17) is 4.74 Å². The molecule has 0 atom stereocenters. The first-order valence-electron chi connectivity index (χ1n) is 7.61. The van der Waals surface area contributed by atoms with Crippen LogP contribution in [-0.4, -0.2) is 39.0 Å². The van der Waals surface area contributed by atoms with Gasteiger partial charge < -0.3 is 9.72 Å². The van der Waals surface area contributed by atoms with Gasteiger partial charge in [0.25, 0.3) is 5.56 Å². The monoisotopic (exact) mass is 390 g/mol. The normalized spacial score (nSPS) is 11.6. The van der Waals surface area contributed by atoms with Crippen LogP contribution in [0.1, 0.15) is 28.9 Å². The van der Waals surface area contributed by atoms with E-state index in [1.165, 1.54) is 11.8 Å². The zero-order valence-electron chi connectivity index (χ0n) is 14.1. The first kappa shape index (κ1) is 20.0. The molecule has 0 amide bonds. The van der Waals surface area contributed by atoms with Gasteiger partial charge in [-0.05, 0) is 19.6 Å². The minimum absolute atomic E-state index is 0.0677. The fourth-order valence-electron chi connectivity index (χ4n) is 2.30. The summed E-state index contributed by atoms with van der Waals surface area (Å²) < 4.78 is 43.0. The second-order valence-corrected chi connectivity index (χ2v) is 6.17. The molecule has 0 aromatic carbocycles. The van der Waals surface area contributed by atoms with Crippen LogP contribution in [0.3, 0.4) is 0 Å². The number of rotatable bonds is 7. The molecule has 0 aliphatic rings. The number of hydrogen-bond acceptors (Lipinski definition) is 6. The molecule has 0 radical (unpaired) electrons. The second kappa shape index (κ2) is 8.39. The number of carbonyl (C=O) groups excluding carboxylic acids is 1. The molecule has 2 heterocycles. The summed E-state index contributed by atoms with van der Waals surface area (Å²) in [5.74, 6) is -0.602. The average Bonchev–Trinajstić information content (AvgIpc) is 3.02. The summed E-state index contributed by atoms with van der Waals surface area (Å²) in [6.07, 6.45) is -1.74. The molecule has 2 aromatic rings. The van der Waals surface area contributed by atoms with Gasteiger partial charge in [0.05, 0.1) is 12.8 Å². The molecule has 0 saturated heterocycles. The van der Waals surface area contributed by atoms with Gasteiger partial charge in [0.2, 0.25) is 0 Å². The molecule has 2 N–H and O–H groups in total. The topological polar surface area (TPSA) is 101 Å². The summed E-state index contributed by atoms with van der Waals surface area (Å²) in [5.41, 5.74) is -0.430. The van der Waals surface area contributed by atoms with E-state index in [1.807, 2.05) is 5.10 Å². The van der Waals surface area contributed by atoms with E-state index < -0.39 is 17.8 Å². The highest BCUT2D eigenvalue weighted by Crippen LogP contribution is 2.30. The van der Waals surface area contributed by atoms with Crippen molar-refractivity contribution in [2.24, 2.45) is 0 Å². The van der Waals surface area contributed by atoms with Crippen molar-refractivity contribution < 1.29 is 22.7 Å². The van der Waals surface area contributed by atoms with Gasteiger partial charge in [0.15, 0.2) is 5.16 Å². The van der Waals surface area contributed by atoms with Crippen molar-refractivity contribution in [1.29, 1.82) is 0 Å². The molecule has 2 rings (SSSR count). The van der Waals surface area contributed by atoms with E-state index in [9.17, 15) is 22.8 Å². The van der Waals surface area contributed by atoms with Gasteiger partial charge in [-0.1, -0.05) is 11.8 Å². The molecule has 0 saturated carbocycles. The smallest absolute Gasteiger partial charge is 0.433 e. The number of aromatic amines is 2. The zero-order chi connectivity index (χ0) is 19.3. The van der Waals surface area contributed by atoms with Gasteiger partial charge in [-0.2, -0.15) is 18.3 Å². The fourth-order valence-corrected chi connectivity index (χ4v) is 2.72. The number of esters is 1. The van der Waals surface area contributed by atoms with Gasteiger partial charge in [-0.15, -0.1) is 0 Å². The number of ether oxygens (including phenoxy) is 1. The molecular weight excluding hydrogens is 373 g/mol. The summed E-state index contributed by atoms with van der Waals surface area (Å²) in [4.78, 5) is 30.5. The number of nitrogens with one attached hydrogen (secondary N) is 2. The van der Waals surface area contributed by atoms with Crippen LogP contribution in [-0.2, 0) is 28.5 Å². The lowest BCUT2D eigenvalue weighted by Crippen LogP contribution is -2.19. The number of aromatic nitrogens is 4. The van der Waals surface area contributed by atoms with E-state index in [2.05, 4.69) is 15.1 Å². The van der Waals surface area contributed by atoms with Crippen LogP contribution >= 0.6 is 11.8 Å². The van der Waals surface area contributed by atoms with Crippen molar-refractivity contribution in [1.82, 2.24) is 20.2 Å². The van der Waals surface area contributed by atoms with Crippen LogP contribution in [0.25, 0.3) is 0 Å². The lowest BCUT2D eigenvalue weighted by atomic mass is 10.1. The number of hydrogen-bond donors (Lipinski definition) is 2. The maximum Gasteiger partial charge on any atom is 0.433 e. The van der Waals surface area contributed by atoms with Gasteiger partial charge in [0.1, 0.15) is 5.69 Å². The molecule has 2 aromatic heterocycles. The summed E-state index contributed by atoms with van der Waals surface area (Å²) in [6.45, 7) is 1.47. The SMILES string of the molecule is CSc1nc(C)c(CCC(=O)OCCc2cn[nH]c2C(F)(F)F)c(=O)[nH]1. The highest BCUT2D eigenvalue weighted by Gasteiger charge is 2.35. The Kier molecular flexibility index (Phi) is 6.46. The van der Waals surface area contributed by atoms with Crippen molar-refractivity contribution in [3.05, 3.63) is 39.1 Å². The van der Waals surface area contributed by atoms with Crippen LogP contribution in [0.15, 0.2) is 16.1 Å².